The summed E-state index contributed by atoms with van der Waals surface area (Å²) in [5.41, 5.74) is 3.20. The predicted molar refractivity (Wildman–Crippen MR) is 85.3 cm³/mol. The molecule has 2 heteroatoms. The van der Waals surface area contributed by atoms with Crippen LogP contribution in [0, 0.1) is 6.92 Å². The number of hydrogen-bond acceptors (Lipinski definition) is 2. The van der Waals surface area contributed by atoms with Gasteiger partial charge in [0.1, 0.15) is 5.75 Å². The second-order valence-corrected chi connectivity index (χ2v) is 4.97. The molecule has 0 N–H and O–H groups in total. The lowest BCUT2D eigenvalue weighted by Gasteiger charge is -2.14. The van der Waals surface area contributed by atoms with Crippen molar-refractivity contribution in [1.82, 2.24) is 0 Å². The summed E-state index contributed by atoms with van der Waals surface area (Å²) in [4.78, 5) is 4.51. The summed E-state index contributed by atoms with van der Waals surface area (Å²) in [6.07, 6.45) is 3.06. The molecule has 0 spiro atoms. The molecule has 0 saturated carbocycles. The fourth-order valence-corrected chi connectivity index (χ4v) is 1.77. The summed E-state index contributed by atoms with van der Waals surface area (Å²) in [6.45, 7) is 6.27. The Kier molecular flexibility index (Phi) is 4.94. The van der Waals surface area contributed by atoms with E-state index >= 15 is 0 Å². The van der Waals surface area contributed by atoms with Gasteiger partial charge in [-0.05, 0) is 44.5 Å². The van der Waals surface area contributed by atoms with Crippen molar-refractivity contribution in [2.24, 2.45) is 4.99 Å². The van der Waals surface area contributed by atoms with Crippen LogP contribution in [0.4, 0.5) is 5.69 Å². The Morgan fingerprint density at radius 3 is 2.50 bits per heavy atom. The van der Waals surface area contributed by atoms with Gasteiger partial charge in [-0.15, -0.1) is 0 Å². The predicted octanol–water partition coefficient (Wildman–Crippen LogP) is 4.92. The van der Waals surface area contributed by atoms with Crippen molar-refractivity contribution < 1.29 is 4.74 Å². The van der Waals surface area contributed by atoms with Crippen LogP contribution in [0.5, 0.6) is 5.75 Å². The molecule has 0 fully saturated rings. The third-order valence-corrected chi connectivity index (χ3v) is 3.21. The lowest BCUT2D eigenvalue weighted by atomic mass is 10.2. The molecule has 0 amide bonds. The van der Waals surface area contributed by atoms with Gasteiger partial charge in [0.2, 0.25) is 0 Å². The van der Waals surface area contributed by atoms with Crippen LogP contribution in [0.15, 0.2) is 53.5 Å². The largest absolute Gasteiger partial charge is 0.490 e. The quantitative estimate of drug-likeness (QED) is 0.704. The Hall–Kier alpha value is -2.09. The first-order valence-corrected chi connectivity index (χ1v) is 7.05. The average molecular weight is 267 g/mol. The second kappa shape index (κ2) is 6.90. The number of benzene rings is 2. The number of para-hydroxylation sites is 1. The zero-order chi connectivity index (χ0) is 14.4. The van der Waals surface area contributed by atoms with Gasteiger partial charge >= 0.3 is 0 Å². The van der Waals surface area contributed by atoms with E-state index in [1.165, 1.54) is 5.56 Å². The molecule has 20 heavy (non-hydrogen) atoms. The van der Waals surface area contributed by atoms with Gasteiger partial charge < -0.3 is 4.74 Å². The topological polar surface area (TPSA) is 21.6 Å². The van der Waals surface area contributed by atoms with E-state index in [2.05, 4.69) is 37.9 Å². The van der Waals surface area contributed by atoms with E-state index in [0.29, 0.717) is 0 Å². The minimum Gasteiger partial charge on any atom is -0.490 e. The molecule has 1 atom stereocenters. The summed E-state index contributed by atoms with van der Waals surface area (Å²) in [7, 11) is 0. The molecule has 0 aliphatic rings. The zero-order valence-corrected chi connectivity index (χ0v) is 12.3. The highest BCUT2D eigenvalue weighted by atomic mass is 16.5. The van der Waals surface area contributed by atoms with Gasteiger partial charge in [0, 0.05) is 11.8 Å². The number of ether oxygens (including phenoxy) is 1. The number of rotatable bonds is 5. The van der Waals surface area contributed by atoms with Crippen molar-refractivity contribution in [2.75, 3.05) is 0 Å². The summed E-state index contributed by atoms with van der Waals surface area (Å²) in [5, 5.41) is 0. The molecule has 0 bridgehead atoms. The van der Waals surface area contributed by atoms with Gasteiger partial charge in [0.15, 0.2) is 0 Å². The van der Waals surface area contributed by atoms with Crippen LogP contribution in [0.3, 0.4) is 0 Å². The normalized spacial score (nSPS) is 12.6. The molecule has 104 valence electrons. The summed E-state index contributed by atoms with van der Waals surface area (Å²) in [5.74, 6) is 0.887. The van der Waals surface area contributed by atoms with Crippen molar-refractivity contribution in [1.29, 1.82) is 0 Å². The maximum atomic E-state index is 5.91. The van der Waals surface area contributed by atoms with Crippen LogP contribution < -0.4 is 4.74 Å². The molecule has 2 nitrogen and oxygen atoms in total. The average Bonchev–Trinajstić information content (AvgIpc) is 2.48. The monoisotopic (exact) mass is 267 g/mol. The number of nitrogens with zero attached hydrogens (tertiary/aromatic N) is 1. The molecule has 2 aromatic carbocycles. The van der Waals surface area contributed by atoms with E-state index < -0.39 is 0 Å². The lowest BCUT2D eigenvalue weighted by molar-refractivity contribution is 0.217. The zero-order valence-electron chi connectivity index (χ0n) is 12.3. The van der Waals surface area contributed by atoms with Gasteiger partial charge in [0.25, 0.3) is 0 Å². The van der Waals surface area contributed by atoms with Crippen LogP contribution in [-0.4, -0.2) is 12.3 Å². The first-order chi connectivity index (χ1) is 9.69. The van der Waals surface area contributed by atoms with E-state index in [4.69, 9.17) is 4.74 Å². The highest BCUT2D eigenvalue weighted by Crippen LogP contribution is 2.20. The van der Waals surface area contributed by atoms with Crippen molar-refractivity contribution in [3.05, 3.63) is 59.7 Å². The highest BCUT2D eigenvalue weighted by molar-refractivity contribution is 5.85. The molecular weight excluding hydrogens is 246 g/mol. The van der Waals surface area contributed by atoms with Crippen molar-refractivity contribution in [2.45, 2.75) is 33.3 Å². The van der Waals surface area contributed by atoms with Gasteiger partial charge in [-0.1, -0.05) is 36.8 Å². The van der Waals surface area contributed by atoms with E-state index in [9.17, 15) is 0 Å². The molecular formula is C18H21NO. The molecule has 2 aromatic rings. The smallest absolute Gasteiger partial charge is 0.128 e. The maximum Gasteiger partial charge on any atom is 0.128 e. The van der Waals surface area contributed by atoms with Crippen LogP contribution in [0.25, 0.3) is 0 Å². The van der Waals surface area contributed by atoms with E-state index in [0.717, 1.165) is 23.4 Å². The van der Waals surface area contributed by atoms with E-state index in [-0.39, 0.29) is 6.10 Å². The maximum absolute atomic E-state index is 5.91. The first-order valence-electron chi connectivity index (χ1n) is 7.05. The van der Waals surface area contributed by atoms with Crippen molar-refractivity contribution in [3.63, 3.8) is 0 Å². The SMILES string of the molecule is CCC(C)Oc1ccccc1C=Nc1ccc(C)cc1. The fraction of sp³-hybridized carbons (Fsp3) is 0.278. The highest BCUT2D eigenvalue weighted by Gasteiger charge is 2.04. The number of hydrogen-bond donors (Lipinski definition) is 0. The Morgan fingerprint density at radius 1 is 1.10 bits per heavy atom. The summed E-state index contributed by atoms with van der Waals surface area (Å²) >= 11 is 0. The molecule has 0 aromatic heterocycles. The Morgan fingerprint density at radius 2 is 1.80 bits per heavy atom. The fourth-order valence-electron chi connectivity index (χ4n) is 1.77. The van der Waals surface area contributed by atoms with Crippen LogP contribution in [0.2, 0.25) is 0 Å². The third kappa shape index (κ3) is 3.95. The number of aryl methyl sites for hydroxylation is 1. The van der Waals surface area contributed by atoms with Gasteiger partial charge in [-0.25, -0.2) is 0 Å². The molecule has 0 radical (unpaired) electrons. The number of aliphatic imine (C=N–C) groups is 1. The minimum atomic E-state index is 0.212. The standard InChI is InChI=1S/C18H21NO/c1-4-15(3)20-18-8-6-5-7-16(18)13-19-17-11-9-14(2)10-12-17/h5-13,15H,4H2,1-3H3. The van der Waals surface area contributed by atoms with Crippen molar-refractivity contribution >= 4 is 11.9 Å². The summed E-state index contributed by atoms with van der Waals surface area (Å²) in [6, 6.07) is 16.2. The Bertz CT molecular complexity index is 572. The lowest BCUT2D eigenvalue weighted by Crippen LogP contribution is -2.10. The third-order valence-electron chi connectivity index (χ3n) is 3.21. The van der Waals surface area contributed by atoms with Crippen LogP contribution in [0.1, 0.15) is 31.4 Å². The van der Waals surface area contributed by atoms with Crippen LogP contribution in [-0.2, 0) is 0 Å². The van der Waals surface area contributed by atoms with Gasteiger partial charge in [-0.3, -0.25) is 4.99 Å². The molecule has 0 heterocycles. The molecule has 0 aliphatic carbocycles. The molecule has 1 unspecified atom stereocenters. The molecule has 0 saturated heterocycles. The molecule has 0 aliphatic heterocycles. The second-order valence-electron chi connectivity index (χ2n) is 4.97. The van der Waals surface area contributed by atoms with Gasteiger partial charge in [-0.2, -0.15) is 0 Å². The first kappa shape index (κ1) is 14.3. The Balaban J connectivity index is 2.18. The van der Waals surface area contributed by atoms with Gasteiger partial charge in [0.05, 0.1) is 11.8 Å². The van der Waals surface area contributed by atoms with Crippen LogP contribution >= 0.6 is 0 Å². The van der Waals surface area contributed by atoms with E-state index in [1.807, 2.05) is 42.6 Å². The molecule has 2 rings (SSSR count). The minimum absolute atomic E-state index is 0.212. The van der Waals surface area contributed by atoms with E-state index in [1.54, 1.807) is 0 Å². The summed E-state index contributed by atoms with van der Waals surface area (Å²) < 4.78 is 5.91. The van der Waals surface area contributed by atoms with Crippen molar-refractivity contribution in [3.8, 4) is 5.75 Å². The Labute approximate surface area is 121 Å².